The number of nitrogens with zero attached hydrogens (tertiary/aromatic N) is 1. The highest BCUT2D eigenvalue weighted by Gasteiger charge is 2.14. The molecule has 2 rings (SSSR count). The Hall–Kier alpha value is -1.91. The van der Waals surface area contributed by atoms with Crippen LogP contribution in [0.1, 0.15) is 15.9 Å². The van der Waals surface area contributed by atoms with Crippen molar-refractivity contribution in [2.75, 3.05) is 12.8 Å². The van der Waals surface area contributed by atoms with E-state index in [2.05, 4.69) is 0 Å². The quantitative estimate of drug-likeness (QED) is 0.670. The van der Waals surface area contributed by atoms with Crippen LogP contribution in [0.25, 0.3) is 0 Å². The number of carbonyl (C=O) groups is 1. The van der Waals surface area contributed by atoms with Crippen LogP contribution in [0.15, 0.2) is 36.4 Å². The summed E-state index contributed by atoms with van der Waals surface area (Å²) in [5.41, 5.74) is 6.93. The minimum Gasteiger partial charge on any atom is -0.506 e. The number of benzene rings is 2. The Labute approximate surface area is 132 Å². The average Bonchev–Trinajstić information content (AvgIpc) is 2.39. The number of halogens is 2. The molecule has 3 N–H and O–H groups in total. The van der Waals surface area contributed by atoms with Crippen LogP contribution in [-0.2, 0) is 6.54 Å². The minimum atomic E-state index is -0.235. The zero-order chi connectivity index (χ0) is 15.6. The summed E-state index contributed by atoms with van der Waals surface area (Å²) in [4.78, 5) is 13.8. The molecular weight excluding hydrogens is 311 g/mol. The monoisotopic (exact) mass is 324 g/mol. The molecule has 0 heterocycles. The summed E-state index contributed by atoms with van der Waals surface area (Å²) < 4.78 is 0. The molecule has 4 nitrogen and oxygen atoms in total. The van der Waals surface area contributed by atoms with E-state index in [9.17, 15) is 9.90 Å². The molecule has 0 fully saturated rings. The number of amides is 1. The van der Waals surface area contributed by atoms with Gasteiger partial charge >= 0.3 is 0 Å². The predicted molar refractivity (Wildman–Crippen MR) is 84.8 cm³/mol. The van der Waals surface area contributed by atoms with E-state index in [1.807, 2.05) is 0 Å². The Balaban J connectivity index is 2.17. The van der Waals surface area contributed by atoms with Gasteiger partial charge in [-0.2, -0.15) is 0 Å². The van der Waals surface area contributed by atoms with Crippen molar-refractivity contribution in [3.63, 3.8) is 0 Å². The van der Waals surface area contributed by atoms with Crippen LogP contribution in [0.5, 0.6) is 5.75 Å². The first-order valence-electron chi connectivity index (χ1n) is 6.16. The standard InChI is InChI=1S/C15H14Cl2N2O2/c1-19(8-9-4-11(16)7-12(17)5-9)15(21)10-2-3-13(18)14(20)6-10/h2-7,20H,8,18H2,1H3. The van der Waals surface area contributed by atoms with Crippen molar-refractivity contribution in [3.05, 3.63) is 57.6 Å². The lowest BCUT2D eigenvalue weighted by molar-refractivity contribution is 0.0784. The van der Waals surface area contributed by atoms with Crippen LogP contribution in [-0.4, -0.2) is 23.0 Å². The second-order valence-electron chi connectivity index (χ2n) is 4.71. The van der Waals surface area contributed by atoms with Gasteiger partial charge in [0.15, 0.2) is 0 Å². The van der Waals surface area contributed by atoms with Crippen molar-refractivity contribution in [1.82, 2.24) is 4.90 Å². The van der Waals surface area contributed by atoms with E-state index < -0.39 is 0 Å². The lowest BCUT2D eigenvalue weighted by Crippen LogP contribution is -2.26. The fourth-order valence-corrected chi connectivity index (χ4v) is 2.52. The third kappa shape index (κ3) is 3.80. The zero-order valence-electron chi connectivity index (χ0n) is 11.3. The molecule has 0 aromatic heterocycles. The Bertz CT molecular complexity index is 669. The Morgan fingerprint density at radius 3 is 2.38 bits per heavy atom. The molecule has 0 aliphatic heterocycles. The maximum atomic E-state index is 12.3. The van der Waals surface area contributed by atoms with E-state index >= 15 is 0 Å². The fourth-order valence-electron chi connectivity index (χ4n) is 1.94. The van der Waals surface area contributed by atoms with E-state index in [-0.39, 0.29) is 17.3 Å². The molecule has 0 saturated heterocycles. The number of phenols is 1. The van der Waals surface area contributed by atoms with Gasteiger partial charge in [-0.1, -0.05) is 23.2 Å². The number of carbonyl (C=O) groups excluding carboxylic acids is 1. The van der Waals surface area contributed by atoms with Crippen molar-refractivity contribution in [2.45, 2.75) is 6.54 Å². The summed E-state index contributed by atoms with van der Waals surface area (Å²) >= 11 is 11.9. The number of nitrogen functional groups attached to an aromatic ring is 1. The molecule has 0 spiro atoms. The van der Waals surface area contributed by atoms with Crippen LogP contribution in [0, 0.1) is 0 Å². The van der Waals surface area contributed by atoms with Crippen LogP contribution in [0.3, 0.4) is 0 Å². The lowest BCUT2D eigenvalue weighted by Gasteiger charge is -2.18. The first-order valence-corrected chi connectivity index (χ1v) is 6.91. The highest BCUT2D eigenvalue weighted by molar-refractivity contribution is 6.34. The molecular formula is C15H14Cl2N2O2. The summed E-state index contributed by atoms with van der Waals surface area (Å²) in [6, 6.07) is 9.53. The van der Waals surface area contributed by atoms with E-state index in [4.69, 9.17) is 28.9 Å². The van der Waals surface area contributed by atoms with Gasteiger partial charge in [0, 0.05) is 29.2 Å². The fraction of sp³-hybridized carbons (Fsp3) is 0.133. The summed E-state index contributed by atoms with van der Waals surface area (Å²) in [7, 11) is 1.66. The van der Waals surface area contributed by atoms with Crippen LogP contribution in [0.4, 0.5) is 5.69 Å². The summed E-state index contributed by atoms with van der Waals surface area (Å²) in [6.45, 7) is 0.351. The normalized spacial score (nSPS) is 10.4. The molecule has 0 aliphatic carbocycles. The summed E-state index contributed by atoms with van der Waals surface area (Å²) in [6.07, 6.45) is 0. The molecule has 21 heavy (non-hydrogen) atoms. The van der Waals surface area contributed by atoms with Crippen LogP contribution >= 0.6 is 23.2 Å². The van der Waals surface area contributed by atoms with Crippen molar-refractivity contribution in [2.24, 2.45) is 0 Å². The highest BCUT2D eigenvalue weighted by Crippen LogP contribution is 2.23. The molecule has 0 atom stereocenters. The third-order valence-corrected chi connectivity index (χ3v) is 3.40. The van der Waals surface area contributed by atoms with E-state index in [1.165, 1.54) is 17.0 Å². The molecule has 1 amide bonds. The van der Waals surface area contributed by atoms with E-state index in [1.54, 1.807) is 31.3 Å². The predicted octanol–water partition coefficient (Wildman–Crippen LogP) is 3.55. The van der Waals surface area contributed by atoms with Gasteiger partial charge in [-0.25, -0.2) is 0 Å². The summed E-state index contributed by atoms with van der Waals surface area (Å²) in [5.74, 6) is -0.346. The maximum Gasteiger partial charge on any atom is 0.254 e. The second-order valence-corrected chi connectivity index (χ2v) is 5.59. The SMILES string of the molecule is CN(Cc1cc(Cl)cc(Cl)c1)C(=O)c1ccc(N)c(O)c1. The largest absolute Gasteiger partial charge is 0.506 e. The van der Waals surface area contributed by atoms with Crippen molar-refractivity contribution in [3.8, 4) is 5.75 Å². The zero-order valence-corrected chi connectivity index (χ0v) is 12.8. The van der Waals surface area contributed by atoms with E-state index in [0.717, 1.165) is 5.56 Å². The molecule has 0 bridgehead atoms. The van der Waals surface area contributed by atoms with Crippen molar-refractivity contribution in [1.29, 1.82) is 0 Å². The average molecular weight is 325 g/mol. The number of phenolic OH excluding ortho intramolecular Hbond substituents is 1. The van der Waals surface area contributed by atoms with Crippen molar-refractivity contribution < 1.29 is 9.90 Å². The molecule has 0 unspecified atom stereocenters. The third-order valence-electron chi connectivity index (χ3n) is 2.97. The van der Waals surface area contributed by atoms with Crippen LogP contribution < -0.4 is 5.73 Å². The van der Waals surface area contributed by atoms with Gasteiger partial charge in [0.05, 0.1) is 5.69 Å². The Morgan fingerprint density at radius 1 is 1.19 bits per heavy atom. The van der Waals surface area contributed by atoms with Gasteiger partial charge in [-0.05, 0) is 42.0 Å². The lowest BCUT2D eigenvalue weighted by atomic mass is 10.1. The number of anilines is 1. The first kappa shape index (κ1) is 15.5. The van der Waals surface area contributed by atoms with Gasteiger partial charge in [-0.3, -0.25) is 4.79 Å². The molecule has 110 valence electrons. The van der Waals surface area contributed by atoms with Gasteiger partial charge in [0.25, 0.3) is 5.91 Å². The number of hydrogen-bond donors (Lipinski definition) is 2. The topological polar surface area (TPSA) is 66.6 Å². The second kappa shape index (κ2) is 6.24. The molecule has 6 heteroatoms. The molecule has 0 saturated carbocycles. The number of hydrogen-bond acceptors (Lipinski definition) is 3. The minimum absolute atomic E-state index is 0.111. The van der Waals surface area contributed by atoms with Crippen molar-refractivity contribution >= 4 is 34.8 Å². The molecule has 2 aromatic rings. The van der Waals surface area contributed by atoms with Gasteiger partial charge < -0.3 is 15.7 Å². The molecule has 0 aliphatic rings. The smallest absolute Gasteiger partial charge is 0.254 e. The number of aromatic hydroxyl groups is 1. The van der Waals surface area contributed by atoms with Crippen LogP contribution in [0.2, 0.25) is 10.0 Å². The van der Waals surface area contributed by atoms with Gasteiger partial charge in [-0.15, -0.1) is 0 Å². The maximum absolute atomic E-state index is 12.3. The summed E-state index contributed by atoms with van der Waals surface area (Å²) in [5, 5.41) is 10.6. The number of nitrogens with two attached hydrogens (primary N) is 1. The number of rotatable bonds is 3. The highest BCUT2D eigenvalue weighted by atomic mass is 35.5. The Morgan fingerprint density at radius 2 is 1.81 bits per heavy atom. The van der Waals surface area contributed by atoms with E-state index in [0.29, 0.717) is 22.2 Å². The molecule has 2 aromatic carbocycles. The molecule has 0 radical (unpaired) electrons. The van der Waals surface area contributed by atoms with Gasteiger partial charge in [0.2, 0.25) is 0 Å². The van der Waals surface area contributed by atoms with Gasteiger partial charge in [0.1, 0.15) is 5.75 Å². The first-order chi connectivity index (χ1) is 9.86. The Kier molecular flexibility index (Phi) is 4.60.